The summed E-state index contributed by atoms with van der Waals surface area (Å²) in [5.74, 6) is -0.118. The molecule has 2 aliphatic heterocycles. The Hall–Kier alpha value is -1.82. The fourth-order valence-corrected chi connectivity index (χ4v) is 4.43. The molecule has 0 bridgehead atoms. The molecular weight excluding hydrogens is 438 g/mol. The molecule has 1 saturated heterocycles. The molecule has 0 radical (unpaired) electrons. The average molecular weight is 456 g/mol. The Bertz CT molecular complexity index is 1020. The summed E-state index contributed by atoms with van der Waals surface area (Å²) in [5.41, 5.74) is 0.531. The zero-order valence-electron chi connectivity index (χ0n) is 15.8. The van der Waals surface area contributed by atoms with Crippen LogP contribution in [0, 0.1) is 0 Å². The third-order valence-electron chi connectivity index (χ3n) is 5.53. The Labute approximate surface area is 183 Å². The Morgan fingerprint density at radius 1 is 1.10 bits per heavy atom. The average Bonchev–Trinajstić information content (AvgIpc) is 3.06. The maximum absolute atomic E-state index is 14.9. The quantitative estimate of drug-likeness (QED) is 0.556. The topological polar surface area (TPSA) is 41.9 Å². The number of rotatable bonds is 3. The largest absolute Gasteiger partial charge is 0.384 e. The number of oxime groups is 1. The molecule has 0 saturated carbocycles. The summed E-state index contributed by atoms with van der Waals surface area (Å²) in [7, 11) is 0. The van der Waals surface area contributed by atoms with Crippen molar-refractivity contribution in [2.24, 2.45) is 5.16 Å². The Morgan fingerprint density at radius 2 is 1.76 bits per heavy atom. The molecule has 2 heterocycles. The minimum Gasteiger partial charge on any atom is -0.384 e. The Balaban J connectivity index is 1.51. The van der Waals surface area contributed by atoms with Gasteiger partial charge in [0.2, 0.25) is 5.91 Å². The van der Waals surface area contributed by atoms with E-state index < -0.39 is 11.3 Å². The Morgan fingerprint density at radius 3 is 2.38 bits per heavy atom. The van der Waals surface area contributed by atoms with E-state index in [0.717, 1.165) is 11.3 Å². The van der Waals surface area contributed by atoms with Crippen LogP contribution in [0.15, 0.2) is 41.6 Å². The number of hydrogen-bond donors (Lipinski definition) is 0. The highest BCUT2D eigenvalue weighted by molar-refractivity contribution is 6.48. The predicted octanol–water partition coefficient (Wildman–Crippen LogP) is 5.71. The molecule has 2 aromatic rings. The highest BCUT2D eigenvalue weighted by Gasteiger charge is 2.46. The fraction of sp³-hybridized carbons (Fsp3) is 0.333. The second kappa shape index (κ2) is 7.15. The SMILES string of the molecule is CC(=O)N1CC(F)(c2ccc(C3=NOC(C)(c4ccc(Cl)c(Cl)c4Cl)C3)cc2)C1. The first-order chi connectivity index (χ1) is 13.6. The van der Waals surface area contributed by atoms with Crippen molar-refractivity contribution < 1.29 is 14.0 Å². The van der Waals surface area contributed by atoms with E-state index in [2.05, 4.69) is 5.16 Å². The van der Waals surface area contributed by atoms with Crippen molar-refractivity contribution in [3.05, 3.63) is 68.2 Å². The van der Waals surface area contributed by atoms with Crippen molar-refractivity contribution in [3.63, 3.8) is 0 Å². The van der Waals surface area contributed by atoms with Crippen LogP contribution in [0.1, 0.15) is 37.0 Å². The third-order valence-corrected chi connectivity index (χ3v) is 6.82. The van der Waals surface area contributed by atoms with Gasteiger partial charge in [-0.05, 0) is 24.1 Å². The number of amides is 1. The summed E-state index contributed by atoms with van der Waals surface area (Å²) < 4.78 is 14.9. The predicted molar refractivity (Wildman–Crippen MR) is 113 cm³/mol. The minimum atomic E-state index is -1.50. The number of halogens is 4. The lowest BCUT2D eigenvalue weighted by atomic mass is 9.86. The van der Waals surface area contributed by atoms with Gasteiger partial charge in [-0.3, -0.25) is 4.79 Å². The van der Waals surface area contributed by atoms with E-state index in [1.54, 1.807) is 24.3 Å². The lowest BCUT2D eigenvalue weighted by Gasteiger charge is -2.44. The smallest absolute Gasteiger partial charge is 0.219 e. The van der Waals surface area contributed by atoms with Crippen LogP contribution >= 0.6 is 34.8 Å². The summed E-state index contributed by atoms with van der Waals surface area (Å²) in [6, 6.07) is 10.6. The molecule has 1 amide bonds. The third kappa shape index (κ3) is 3.49. The summed E-state index contributed by atoms with van der Waals surface area (Å²) in [6.07, 6.45) is 0.475. The van der Waals surface area contributed by atoms with E-state index in [1.165, 1.54) is 11.8 Å². The van der Waals surface area contributed by atoms with Crippen molar-refractivity contribution in [1.29, 1.82) is 0 Å². The van der Waals surface area contributed by atoms with Crippen LogP contribution in [0.4, 0.5) is 4.39 Å². The van der Waals surface area contributed by atoms with Gasteiger partial charge in [-0.25, -0.2) is 4.39 Å². The van der Waals surface area contributed by atoms with Gasteiger partial charge < -0.3 is 9.74 Å². The van der Waals surface area contributed by atoms with Crippen molar-refractivity contribution in [1.82, 2.24) is 4.90 Å². The van der Waals surface area contributed by atoms with E-state index in [-0.39, 0.29) is 24.0 Å². The van der Waals surface area contributed by atoms with Gasteiger partial charge in [0.1, 0.15) is 0 Å². The number of benzene rings is 2. The molecule has 1 fully saturated rings. The van der Waals surface area contributed by atoms with Crippen LogP contribution in [0.2, 0.25) is 15.1 Å². The van der Waals surface area contributed by atoms with Gasteiger partial charge in [-0.1, -0.05) is 70.3 Å². The van der Waals surface area contributed by atoms with Gasteiger partial charge in [0.15, 0.2) is 11.3 Å². The number of nitrogens with zero attached hydrogens (tertiary/aromatic N) is 2. The lowest BCUT2D eigenvalue weighted by molar-refractivity contribution is -0.143. The van der Waals surface area contributed by atoms with Crippen molar-refractivity contribution >= 4 is 46.4 Å². The fourth-order valence-electron chi connectivity index (χ4n) is 3.70. The van der Waals surface area contributed by atoms with E-state index in [9.17, 15) is 9.18 Å². The summed E-state index contributed by atoms with van der Waals surface area (Å²) in [4.78, 5) is 18.5. The van der Waals surface area contributed by atoms with E-state index >= 15 is 0 Å². The molecule has 1 unspecified atom stereocenters. The second-order valence-electron chi connectivity index (χ2n) is 7.68. The molecular formula is C21H18Cl3FN2O2. The van der Waals surface area contributed by atoms with Crippen LogP contribution < -0.4 is 0 Å². The normalized spacial score (nSPS) is 22.7. The molecule has 2 aromatic carbocycles. The van der Waals surface area contributed by atoms with Gasteiger partial charge in [0.05, 0.1) is 33.9 Å². The molecule has 8 heteroatoms. The maximum atomic E-state index is 14.9. The summed E-state index contributed by atoms with van der Waals surface area (Å²) >= 11 is 18.6. The van der Waals surface area contributed by atoms with Gasteiger partial charge in [-0.15, -0.1) is 0 Å². The number of hydrogen-bond acceptors (Lipinski definition) is 3. The molecule has 152 valence electrons. The monoisotopic (exact) mass is 454 g/mol. The zero-order chi connectivity index (χ0) is 21.0. The molecule has 4 nitrogen and oxygen atoms in total. The van der Waals surface area contributed by atoms with E-state index in [1.807, 2.05) is 19.1 Å². The number of carbonyl (C=O) groups excluding carboxylic acids is 1. The van der Waals surface area contributed by atoms with E-state index in [4.69, 9.17) is 39.6 Å². The molecule has 4 rings (SSSR count). The number of carbonyl (C=O) groups is 1. The highest BCUT2D eigenvalue weighted by atomic mass is 35.5. The van der Waals surface area contributed by atoms with Crippen molar-refractivity contribution in [2.45, 2.75) is 31.5 Å². The van der Waals surface area contributed by atoms with Gasteiger partial charge in [-0.2, -0.15) is 0 Å². The zero-order valence-corrected chi connectivity index (χ0v) is 18.1. The van der Waals surface area contributed by atoms with E-state index in [0.29, 0.717) is 27.6 Å². The van der Waals surface area contributed by atoms with Crippen LogP contribution in [0.5, 0.6) is 0 Å². The second-order valence-corrected chi connectivity index (χ2v) is 8.84. The molecule has 0 aliphatic carbocycles. The van der Waals surface area contributed by atoms with Crippen LogP contribution in [0.25, 0.3) is 0 Å². The maximum Gasteiger partial charge on any atom is 0.219 e. The molecule has 1 atom stereocenters. The van der Waals surface area contributed by atoms with Crippen LogP contribution in [0.3, 0.4) is 0 Å². The first-order valence-electron chi connectivity index (χ1n) is 9.07. The van der Waals surface area contributed by atoms with Crippen molar-refractivity contribution in [3.8, 4) is 0 Å². The first-order valence-corrected chi connectivity index (χ1v) is 10.2. The molecule has 29 heavy (non-hydrogen) atoms. The first kappa shape index (κ1) is 20.5. The summed E-state index contributed by atoms with van der Waals surface area (Å²) in [6.45, 7) is 3.49. The molecule has 2 aliphatic rings. The van der Waals surface area contributed by atoms with Crippen LogP contribution in [-0.4, -0.2) is 29.6 Å². The number of alkyl halides is 1. The Kier molecular flexibility index (Phi) is 5.04. The minimum absolute atomic E-state index is 0.0830. The number of likely N-dealkylation sites (tertiary alicyclic amines) is 1. The summed E-state index contributed by atoms with van der Waals surface area (Å²) in [5, 5.41) is 5.22. The lowest BCUT2D eigenvalue weighted by Crippen LogP contribution is -2.58. The highest BCUT2D eigenvalue weighted by Crippen LogP contribution is 2.44. The van der Waals surface area contributed by atoms with Gasteiger partial charge in [0, 0.05) is 18.9 Å². The van der Waals surface area contributed by atoms with Gasteiger partial charge in [0.25, 0.3) is 0 Å². The standard InChI is InChI=1S/C21H18Cl3FN2O2/c1-12(28)27-10-21(25,11-27)14-5-3-13(4-6-14)17-9-20(2,29-26-17)15-7-8-16(22)19(24)18(15)23/h3-8H,9-11H2,1-2H3. The van der Waals surface area contributed by atoms with Crippen molar-refractivity contribution in [2.75, 3.05) is 13.1 Å². The molecule has 0 N–H and O–H groups in total. The van der Waals surface area contributed by atoms with Gasteiger partial charge >= 0.3 is 0 Å². The molecule has 0 spiro atoms. The van der Waals surface area contributed by atoms with Crippen LogP contribution in [-0.2, 0) is 20.9 Å². The molecule has 0 aromatic heterocycles.